The van der Waals surface area contributed by atoms with Crippen LogP contribution in [0.25, 0.3) is 0 Å². The molecule has 0 saturated carbocycles. The summed E-state index contributed by atoms with van der Waals surface area (Å²) in [5.74, 6) is -1.30. The molecule has 0 saturated heterocycles. The molecule has 1 N–H and O–H groups in total. The fraction of sp³-hybridized carbons (Fsp3) is 0.286. The number of nitrogens with one attached hydrogen (secondary N) is 1. The molecule has 2 rings (SSSR count). The van der Waals surface area contributed by atoms with Gasteiger partial charge in [0.1, 0.15) is 15.8 Å². The molecule has 2 heterocycles. The summed E-state index contributed by atoms with van der Waals surface area (Å²) in [5, 5.41) is 2.50. The lowest BCUT2D eigenvalue weighted by atomic mass is 10.3. The van der Waals surface area contributed by atoms with Gasteiger partial charge in [-0.2, -0.15) is 9.37 Å². The third-order valence-electron chi connectivity index (χ3n) is 2.85. The predicted molar refractivity (Wildman–Crippen MR) is 82.4 cm³/mol. The van der Waals surface area contributed by atoms with Gasteiger partial charge in [0.25, 0.3) is 0 Å². The summed E-state index contributed by atoms with van der Waals surface area (Å²) >= 11 is 12.0. The number of hydrogen-bond donors (Lipinski definition) is 1. The number of anilines is 1. The summed E-state index contributed by atoms with van der Waals surface area (Å²) in [6.07, 6.45) is 0.489. The van der Waals surface area contributed by atoms with Crippen LogP contribution in [0, 0.1) is 5.95 Å². The van der Waals surface area contributed by atoms with Gasteiger partial charge in [0.15, 0.2) is 6.10 Å². The number of hydrogen-bond acceptors (Lipinski definition) is 6. The van der Waals surface area contributed by atoms with Gasteiger partial charge in [-0.3, -0.25) is 0 Å². The first-order chi connectivity index (χ1) is 10.9. The standard InChI is InChI=1S/C14H13Cl2FN2O4/c1-7(14(20)21-2)23-13-10(16)11(9(15)12(17)19-13)18-6-8-4-3-5-22-8/h3-5,7H,6H2,1-2H3,(H,18,19)/t7-/m1/s1. The molecule has 0 aliphatic carbocycles. The average molecular weight is 363 g/mol. The lowest BCUT2D eigenvalue weighted by molar-refractivity contribution is -0.148. The van der Waals surface area contributed by atoms with Gasteiger partial charge in [0, 0.05) is 0 Å². The summed E-state index contributed by atoms with van der Waals surface area (Å²) in [6.45, 7) is 1.65. The second-order valence-electron chi connectivity index (χ2n) is 4.43. The Labute approximate surface area is 141 Å². The average Bonchev–Trinajstić information content (AvgIpc) is 3.05. The van der Waals surface area contributed by atoms with Crippen molar-refractivity contribution in [3.05, 3.63) is 40.1 Å². The molecule has 0 unspecified atom stereocenters. The van der Waals surface area contributed by atoms with Crippen LogP contribution in [0.15, 0.2) is 22.8 Å². The van der Waals surface area contributed by atoms with Crippen molar-refractivity contribution in [3.8, 4) is 5.88 Å². The molecule has 9 heteroatoms. The molecule has 0 bridgehead atoms. The Bertz CT molecular complexity index is 695. The topological polar surface area (TPSA) is 73.6 Å². The van der Waals surface area contributed by atoms with E-state index in [9.17, 15) is 9.18 Å². The number of pyridine rings is 1. The van der Waals surface area contributed by atoms with Crippen LogP contribution in [0.3, 0.4) is 0 Å². The zero-order valence-electron chi connectivity index (χ0n) is 12.2. The Morgan fingerprint density at radius 3 is 2.83 bits per heavy atom. The number of halogens is 3. The van der Waals surface area contributed by atoms with Gasteiger partial charge in [0.2, 0.25) is 11.8 Å². The first kappa shape index (κ1) is 17.4. The van der Waals surface area contributed by atoms with Crippen molar-refractivity contribution >= 4 is 34.9 Å². The van der Waals surface area contributed by atoms with E-state index in [2.05, 4.69) is 15.0 Å². The largest absolute Gasteiger partial charge is 0.467 e. The number of carbonyl (C=O) groups is 1. The van der Waals surface area contributed by atoms with E-state index in [1.165, 1.54) is 20.3 Å². The smallest absolute Gasteiger partial charge is 0.346 e. The van der Waals surface area contributed by atoms with Gasteiger partial charge in [-0.1, -0.05) is 23.2 Å². The minimum atomic E-state index is -1.01. The number of aromatic nitrogens is 1. The maximum atomic E-state index is 13.9. The Morgan fingerprint density at radius 2 is 2.22 bits per heavy atom. The molecule has 0 fully saturated rings. The zero-order chi connectivity index (χ0) is 17.0. The van der Waals surface area contributed by atoms with Crippen LogP contribution in [0.5, 0.6) is 5.88 Å². The second kappa shape index (κ2) is 7.52. The summed E-state index contributed by atoms with van der Waals surface area (Å²) in [7, 11) is 1.20. The van der Waals surface area contributed by atoms with Crippen molar-refractivity contribution in [1.82, 2.24) is 4.98 Å². The Morgan fingerprint density at radius 1 is 1.48 bits per heavy atom. The SMILES string of the molecule is COC(=O)[C@@H](C)Oc1nc(F)c(Cl)c(NCc2ccco2)c1Cl. The van der Waals surface area contributed by atoms with Crippen LogP contribution in [-0.4, -0.2) is 24.2 Å². The molecule has 1 atom stereocenters. The maximum absolute atomic E-state index is 13.9. The van der Waals surface area contributed by atoms with Gasteiger partial charge in [0.05, 0.1) is 25.6 Å². The van der Waals surface area contributed by atoms with Gasteiger partial charge < -0.3 is 19.2 Å². The quantitative estimate of drug-likeness (QED) is 0.624. The molecule has 6 nitrogen and oxygen atoms in total. The van der Waals surface area contributed by atoms with E-state index in [1.54, 1.807) is 12.1 Å². The summed E-state index contributed by atoms with van der Waals surface area (Å²) < 4.78 is 28.8. The summed E-state index contributed by atoms with van der Waals surface area (Å²) in [4.78, 5) is 14.9. The molecule has 0 aliphatic heterocycles. The molecule has 0 spiro atoms. The summed E-state index contributed by atoms with van der Waals surface area (Å²) in [5.41, 5.74) is 0.0873. The van der Waals surface area contributed by atoms with Crippen molar-refractivity contribution < 1.29 is 23.1 Å². The number of rotatable bonds is 6. The number of methoxy groups -OCH3 is 1. The predicted octanol–water partition coefficient (Wildman–Crippen LogP) is 3.67. The second-order valence-corrected chi connectivity index (χ2v) is 5.18. The van der Waals surface area contributed by atoms with E-state index in [0.29, 0.717) is 5.76 Å². The van der Waals surface area contributed by atoms with Crippen LogP contribution < -0.4 is 10.1 Å². The van der Waals surface area contributed by atoms with E-state index in [0.717, 1.165) is 0 Å². The Balaban J connectivity index is 2.25. The number of esters is 1. The van der Waals surface area contributed by atoms with E-state index >= 15 is 0 Å². The molecule has 2 aromatic rings. The zero-order valence-corrected chi connectivity index (χ0v) is 13.7. The Hall–Kier alpha value is -1.99. The number of ether oxygens (including phenoxy) is 2. The van der Waals surface area contributed by atoms with E-state index in [4.69, 9.17) is 32.4 Å². The third-order valence-corrected chi connectivity index (χ3v) is 3.54. The fourth-order valence-electron chi connectivity index (χ4n) is 1.70. The number of nitrogens with zero attached hydrogens (tertiary/aromatic N) is 1. The van der Waals surface area contributed by atoms with Crippen molar-refractivity contribution in [2.24, 2.45) is 0 Å². The molecule has 23 heavy (non-hydrogen) atoms. The monoisotopic (exact) mass is 362 g/mol. The first-order valence-corrected chi connectivity index (χ1v) is 7.24. The highest BCUT2D eigenvalue weighted by molar-refractivity contribution is 6.39. The van der Waals surface area contributed by atoms with Gasteiger partial charge in [-0.25, -0.2) is 4.79 Å². The molecule has 0 aromatic carbocycles. The lowest BCUT2D eigenvalue weighted by Crippen LogP contribution is -2.25. The van der Waals surface area contributed by atoms with E-state index in [-0.39, 0.29) is 28.2 Å². The highest BCUT2D eigenvalue weighted by Crippen LogP contribution is 2.38. The van der Waals surface area contributed by atoms with E-state index in [1.807, 2.05) is 0 Å². The van der Waals surface area contributed by atoms with Crippen LogP contribution in [0.2, 0.25) is 10.0 Å². The van der Waals surface area contributed by atoms with Gasteiger partial charge >= 0.3 is 5.97 Å². The number of furan rings is 1. The van der Waals surface area contributed by atoms with Crippen LogP contribution >= 0.6 is 23.2 Å². The fourth-order valence-corrected chi connectivity index (χ4v) is 2.20. The van der Waals surface area contributed by atoms with Crippen molar-refractivity contribution in [2.75, 3.05) is 12.4 Å². The maximum Gasteiger partial charge on any atom is 0.346 e. The van der Waals surface area contributed by atoms with Crippen LogP contribution in [0.4, 0.5) is 10.1 Å². The minimum Gasteiger partial charge on any atom is -0.467 e. The van der Waals surface area contributed by atoms with Gasteiger partial charge in [-0.05, 0) is 19.1 Å². The lowest BCUT2D eigenvalue weighted by Gasteiger charge is -2.16. The number of carbonyl (C=O) groups excluding carboxylic acids is 1. The molecular formula is C14H13Cl2FN2O4. The molecule has 124 valence electrons. The highest BCUT2D eigenvalue weighted by atomic mass is 35.5. The minimum absolute atomic E-state index is 0.0568. The van der Waals surface area contributed by atoms with Crippen molar-refractivity contribution in [1.29, 1.82) is 0 Å². The van der Waals surface area contributed by atoms with Crippen LogP contribution in [-0.2, 0) is 16.1 Å². The van der Waals surface area contributed by atoms with E-state index < -0.39 is 18.0 Å². The molecule has 0 radical (unpaired) electrons. The normalized spacial score (nSPS) is 11.9. The highest BCUT2D eigenvalue weighted by Gasteiger charge is 2.23. The molecule has 2 aromatic heterocycles. The molecular weight excluding hydrogens is 350 g/mol. The van der Waals surface area contributed by atoms with Crippen molar-refractivity contribution in [2.45, 2.75) is 19.6 Å². The molecule has 0 amide bonds. The van der Waals surface area contributed by atoms with Gasteiger partial charge in [-0.15, -0.1) is 0 Å². The third kappa shape index (κ3) is 4.05. The summed E-state index contributed by atoms with van der Waals surface area (Å²) in [6, 6.07) is 3.43. The Kier molecular flexibility index (Phi) is 5.68. The van der Waals surface area contributed by atoms with Crippen molar-refractivity contribution in [3.63, 3.8) is 0 Å². The molecule has 0 aliphatic rings. The first-order valence-electron chi connectivity index (χ1n) is 6.49. The van der Waals surface area contributed by atoms with Crippen LogP contribution in [0.1, 0.15) is 12.7 Å².